The minimum Gasteiger partial charge on any atom is -0.479 e. The van der Waals surface area contributed by atoms with Crippen LogP contribution in [0.4, 0.5) is 0 Å². The highest BCUT2D eigenvalue weighted by molar-refractivity contribution is 5.77. The number of carboxylic acid groups (broad SMARTS) is 1. The van der Waals surface area contributed by atoms with Gasteiger partial charge in [0.15, 0.2) is 0 Å². The predicted octanol–water partition coefficient (Wildman–Crippen LogP) is -0.443. The normalized spacial score (nSPS) is 25.4. The molecule has 1 rings (SSSR count). The summed E-state index contributed by atoms with van der Waals surface area (Å²) in [4.78, 5) is 9.87. The molecular formula is C4H5NO2. The standard InChI is InChI=1S/C4H5NO2/c6-4(7)3-1-2-5-3/h1-3,5H,(H,6,7)/t3-/m0/s1. The van der Waals surface area contributed by atoms with Crippen molar-refractivity contribution in [3.8, 4) is 0 Å². The maximum atomic E-state index is 9.87. The highest BCUT2D eigenvalue weighted by Gasteiger charge is 2.15. The topological polar surface area (TPSA) is 49.3 Å². The molecule has 3 nitrogen and oxygen atoms in total. The first-order valence-electron chi connectivity index (χ1n) is 1.96. The third-order valence-corrected chi connectivity index (χ3v) is 0.831. The van der Waals surface area contributed by atoms with E-state index in [9.17, 15) is 4.79 Å². The number of hydrogen-bond acceptors (Lipinski definition) is 2. The van der Waals surface area contributed by atoms with Crippen molar-refractivity contribution < 1.29 is 9.90 Å². The van der Waals surface area contributed by atoms with Gasteiger partial charge in [0, 0.05) is 0 Å². The molecule has 0 saturated carbocycles. The van der Waals surface area contributed by atoms with E-state index < -0.39 is 12.0 Å². The molecule has 1 atom stereocenters. The van der Waals surface area contributed by atoms with E-state index >= 15 is 0 Å². The Bertz CT molecular complexity index is 119. The summed E-state index contributed by atoms with van der Waals surface area (Å²) in [6.07, 6.45) is 3.20. The van der Waals surface area contributed by atoms with Crippen LogP contribution in [0.3, 0.4) is 0 Å². The SMILES string of the molecule is O=C(O)[C@@H]1C=CN1. The summed E-state index contributed by atoms with van der Waals surface area (Å²) >= 11 is 0. The molecule has 0 amide bonds. The van der Waals surface area contributed by atoms with E-state index in [1.54, 1.807) is 12.3 Å². The molecule has 1 aliphatic rings. The molecule has 0 aromatic heterocycles. The second-order valence-electron chi connectivity index (χ2n) is 1.34. The van der Waals surface area contributed by atoms with Crippen LogP contribution in [0.5, 0.6) is 0 Å². The summed E-state index contributed by atoms with van der Waals surface area (Å²) in [6.45, 7) is 0. The van der Waals surface area contributed by atoms with Crippen LogP contribution in [0, 0.1) is 0 Å². The van der Waals surface area contributed by atoms with E-state index in [2.05, 4.69) is 5.32 Å². The van der Waals surface area contributed by atoms with Gasteiger partial charge in [0.2, 0.25) is 0 Å². The highest BCUT2D eigenvalue weighted by Crippen LogP contribution is 1.94. The van der Waals surface area contributed by atoms with Gasteiger partial charge in [0.1, 0.15) is 6.04 Å². The lowest BCUT2D eigenvalue weighted by Gasteiger charge is -2.14. The van der Waals surface area contributed by atoms with Crippen molar-refractivity contribution in [2.75, 3.05) is 0 Å². The van der Waals surface area contributed by atoms with Crippen LogP contribution in [-0.4, -0.2) is 17.1 Å². The van der Waals surface area contributed by atoms with Gasteiger partial charge in [-0.2, -0.15) is 0 Å². The summed E-state index contributed by atoms with van der Waals surface area (Å²) in [5.74, 6) is -0.817. The first-order valence-corrected chi connectivity index (χ1v) is 1.96. The Morgan fingerprint density at radius 2 is 2.43 bits per heavy atom. The van der Waals surface area contributed by atoms with Gasteiger partial charge in [0.05, 0.1) is 0 Å². The molecule has 0 bridgehead atoms. The Labute approximate surface area is 40.6 Å². The largest absolute Gasteiger partial charge is 0.479 e. The zero-order valence-electron chi connectivity index (χ0n) is 3.59. The first-order chi connectivity index (χ1) is 3.30. The summed E-state index contributed by atoms with van der Waals surface area (Å²) in [6, 6.07) is -0.431. The van der Waals surface area contributed by atoms with Gasteiger partial charge in [-0.1, -0.05) is 0 Å². The van der Waals surface area contributed by atoms with Crippen LogP contribution in [0.25, 0.3) is 0 Å². The van der Waals surface area contributed by atoms with Gasteiger partial charge in [-0.3, -0.25) is 0 Å². The van der Waals surface area contributed by atoms with Crippen LogP contribution in [-0.2, 0) is 4.79 Å². The number of hydrogen-bond donors (Lipinski definition) is 2. The van der Waals surface area contributed by atoms with Gasteiger partial charge in [0.25, 0.3) is 0 Å². The fourth-order valence-electron chi connectivity index (χ4n) is 0.346. The van der Waals surface area contributed by atoms with Crippen molar-refractivity contribution >= 4 is 5.97 Å². The maximum absolute atomic E-state index is 9.87. The first kappa shape index (κ1) is 4.18. The Kier molecular flexibility index (Phi) is 0.749. The third-order valence-electron chi connectivity index (χ3n) is 0.831. The minimum absolute atomic E-state index is 0.431. The number of aliphatic carboxylic acids is 1. The third kappa shape index (κ3) is 0.559. The lowest BCUT2D eigenvalue weighted by Crippen LogP contribution is -2.37. The van der Waals surface area contributed by atoms with Crippen molar-refractivity contribution in [3.63, 3.8) is 0 Å². The smallest absolute Gasteiger partial charge is 0.330 e. The van der Waals surface area contributed by atoms with Crippen molar-refractivity contribution in [2.24, 2.45) is 0 Å². The van der Waals surface area contributed by atoms with Gasteiger partial charge >= 0.3 is 5.97 Å². The monoisotopic (exact) mass is 99.0 g/mol. The van der Waals surface area contributed by atoms with Gasteiger partial charge in [-0.05, 0) is 12.3 Å². The lowest BCUT2D eigenvalue weighted by atomic mass is 10.2. The van der Waals surface area contributed by atoms with E-state index in [-0.39, 0.29) is 0 Å². The molecule has 0 fully saturated rings. The van der Waals surface area contributed by atoms with E-state index in [1.807, 2.05) is 0 Å². The molecular weight excluding hydrogens is 94.0 g/mol. The Balaban J connectivity index is 2.44. The van der Waals surface area contributed by atoms with Crippen molar-refractivity contribution in [1.82, 2.24) is 5.32 Å². The van der Waals surface area contributed by atoms with Crippen molar-refractivity contribution in [2.45, 2.75) is 6.04 Å². The van der Waals surface area contributed by atoms with Crippen LogP contribution in [0.1, 0.15) is 0 Å². The van der Waals surface area contributed by atoms with Crippen LogP contribution < -0.4 is 5.32 Å². The highest BCUT2D eigenvalue weighted by atomic mass is 16.4. The molecule has 0 radical (unpaired) electrons. The molecule has 0 spiro atoms. The minimum atomic E-state index is -0.817. The van der Waals surface area contributed by atoms with Gasteiger partial charge in [-0.25, -0.2) is 4.79 Å². The Morgan fingerprint density at radius 1 is 1.86 bits per heavy atom. The Morgan fingerprint density at radius 3 is 2.43 bits per heavy atom. The molecule has 38 valence electrons. The molecule has 0 unspecified atom stereocenters. The number of carbonyl (C=O) groups is 1. The fourth-order valence-corrected chi connectivity index (χ4v) is 0.346. The number of rotatable bonds is 1. The zero-order chi connectivity index (χ0) is 5.28. The molecule has 1 aliphatic heterocycles. The second-order valence-corrected chi connectivity index (χ2v) is 1.34. The van der Waals surface area contributed by atoms with E-state index in [1.165, 1.54) is 0 Å². The summed E-state index contributed by atoms with van der Waals surface area (Å²) < 4.78 is 0. The molecule has 7 heavy (non-hydrogen) atoms. The maximum Gasteiger partial charge on any atom is 0.330 e. The fraction of sp³-hybridized carbons (Fsp3) is 0.250. The van der Waals surface area contributed by atoms with Crippen molar-refractivity contribution in [3.05, 3.63) is 12.3 Å². The summed E-state index contributed by atoms with van der Waals surface area (Å²) in [5.41, 5.74) is 0. The van der Waals surface area contributed by atoms with Crippen LogP contribution >= 0.6 is 0 Å². The second kappa shape index (κ2) is 1.26. The van der Waals surface area contributed by atoms with Gasteiger partial charge in [-0.15, -0.1) is 0 Å². The van der Waals surface area contributed by atoms with Crippen LogP contribution in [0.2, 0.25) is 0 Å². The molecule has 1 heterocycles. The van der Waals surface area contributed by atoms with E-state index in [4.69, 9.17) is 5.11 Å². The van der Waals surface area contributed by atoms with E-state index in [0.717, 1.165) is 0 Å². The number of nitrogens with one attached hydrogen (secondary N) is 1. The van der Waals surface area contributed by atoms with Crippen LogP contribution in [0.15, 0.2) is 12.3 Å². The molecule has 0 aromatic rings. The van der Waals surface area contributed by atoms with Crippen molar-refractivity contribution in [1.29, 1.82) is 0 Å². The molecule has 2 N–H and O–H groups in total. The molecule has 0 saturated heterocycles. The molecule has 3 heteroatoms. The zero-order valence-corrected chi connectivity index (χ0v) is 3.59. The van der Waals surface area contributed by atoms with E-state index in [0.29, 0.717) is 0 Å². The predicted molar refractivity (Wildman–Crippen MR) is 23.7 cm³/mol. The molecule has 0 aromatic carbocycles. The summed E-state index contributed by atoms with van der Waals surface area (Å²) in [7, 11) is 0. The lowest BCUT2D eigenvalue weighted by molar-refractivity contribution is -0.138. The average Bonchev–Trinajstić information content (AvgIpc) is 1.23. The van der Waals surface area contributed by atoms with Gasteiger partial charge < -0.3 is 10.4 Å². The number of carboxylic acids is 1. The Hall–Kier alpha value is -0.990. The average molecular weight is 99.1 g/mol. The summed E-state index contributed by atoms with van der Waals surface area (Å²) in [5, 5.41) is 10.7. The quantitative estimate of drug-likeness (QED) is 0.468. The molecule has 0 aliphatic carbocycles.